The molecule has 4 aromatic rings. The fraction of sp³-hybridized carbons (Fsp3) is 0.167. The second-order valence-corrected chi connectivity index (χ2v) is 8.76. The van der Waals surface area contributed by atoms with Gasteiger partial charge in [-0.05, 0) is 69.8 Å². The number of hydrogen-bond donors (Lipinski definition) is 1. The van der Waals surface area contributed by atoms with E-state index in [-0.39, 0.29) is 6.61 Å². The van der Waals surface area contributed by atoms with Crippen LogP contribution in [0.25, 0.3) is 11.1 Å². The summed E-state index contributed by atoms with van der Waals surface area (Å²) >= 11 is 0. The minimum atomic E-state index is -1.00. The smallest absolute Gasteiger partial charge is 0.341 e. The molecule has 5 nitrogen and oxygen atoms in total. The Hall–Kier alpha value is -4.09. The molecule has 0 spiro atoms. The number of hydrogen-bond acceptors (Lipinski definition) is 4. The molecule has 0 atom stereocenters. The molecule has 176 valence electrons. The SMILES string of the molecule is O=C(O)COc1ccc(OCc2cccc(-c3ccc4c(c3)CN(Cc3ccccc3)C4)c2)cc1. The van der Waals surface area contributed by atoms with E-state index < -0.39 is 5.97 Å². The van der Waals surface area contributed by atoms with E-state index in [9.17, 15) is 4.79 Å². The molecule has 0 unspecified atom stereocenters. The number of carbonyl (C=O) groups is 1. The van der Waals surface area contributed by atoms with Gasteiger partial charge in [-0.1, -0.05) is 60.7 Å². The number of aliphatic carboxylic acids is 1. The van der Waals surface area contributed by atoms with Crippen molar-refractivity contribution < 1.29 is 19.4 Å². The molecule has 5 heteroatoms. The molecule has 0 saturated carbocycles. The van der Waals surface area contributed by atoms with Gasteiger partial charge in [0.2, 0.25) is 0 Å². The molecule has 35 heavy (non-hydrogen) atoms. The van der Waals surface area contributed by atoms with Crippen LogP contribution in [0.15, 0.2) is 97.1 Å². The highest BCUT2D eigenvalue weighted by atomic mass is 16.5. The van der Waals surface area contributed by atoms with Crippen LogP contribution in [-0.2, 0) is 31.0 Å². The van der Waals surface area contributed by atoms with E-state index in [0.29, 0.717) is 18.1 Å². The van der Waals surface area contributed by atoms with E-state index in [4.69, 9.17) is 14.6 Å². The van der Waals surface area contributed by atoms with Gasteiger partial charge in [0, 0.05) is 19.6 Å². The van der Waals surface area contributed by atoms with Gasteiger partial charge in [0.15, 0.2) is 6.61 Å². The highest BCUT2D eigenvalue weighted by molar-refractivity contribution is 5.68. The first-order chi connectivity index (χ1) is 17.1. The van der Waals surface area contributed by atoms with Crippen LogP contribution < -0.4 is 9.47 Å². The third kappa shape index (κ3) is 5.89. The maximum atomic E-state index is 10.6. The highest BCUT2D eigenvalue weighted by Crippen LogP contribution is 2.30. The molecule has 0 amide bonds. The average molecular weight is 466 g/mol. The van der Waals surface area contributed by atoms with Crippen molar-refractivity contribution >= 4 is 5.97 Å². The lowest BCUT2D eigenvalue weighted by Crippen LogP contribution is -2.15. The van der Waals surface area contributed by atoms with Gasteiger partial charge in [0.1, 0.15) is 18.1 Å². The summed E-state index contributed by atoms with van der Waals surface area (Å²) in [6.07, 6.45) is 0. The Balaban J connectivity index is 1.21. The molecule has 0 radical (unpaired) electrons. The lowest BCUT2D eigenvalue weighted by Gasteiger charge is -2.14. The van der Waals surface area contributed by atoms with Crippen molar-refractivity contribution in [3.8, 4) is 22.6 Å². The normalized spacial score (nSPS) is 12.8. The minimum Gasteiger partial charge on any atom is -0.489 e. The quantitative estimate of drug-likeness (QED) is 0.333. The molecular formula is C30H27NO4. The van der Waals surface area contributed by atoms with Crippen molar-refractivity contribution in [1.82, 2.24) is 4.90 Å². The van der Waals surface area contributed by atoms with Crippen molar-refractivity contribution in [1.29, 1.82) is 0 Å². The lowest BCUT2D eigenvalue weighted by atomic mass is 9.99. The minimum absolute atomic E-state index is 0.360. The number of rotatable bonds is 9. The standard InChI is InChI=1S/C30H27NO4/c32-30(33)21-35-29-13-11-28(12-14-29)34-20-23-7-4-8-24(15-23)25-9-10-26-18-31(19-27(26)16-25)17-22-5-2-1-3-6-22/h1-16H,17-21H2,(H,32,33). The zero-order valence-corrected chi connectivity index (χ0v) is 19.4. The number of carboxylic acids is 1. The highest BCUT2D eigenvalue weighted by Gasteiger charge is 2.19. The molecular weight excluding hydrogens is 438 g/mol. The first-order valence-corrected chi connectivity index (χ1v) is 11.7. The lowest BCUT2D eigenvalue weighted by molar-refractivity contribution is -0.139. The average Bonchev–Trinajstić information content (AvgIpc) is 3.29. The summed E-state index contributed by atoms with van der Waals surface area (Å²) in [6.45, 7) is 3.00. The van der Waals surface area contributed by atoms with Gasteiger partial charge in [-0.2, -0.15) is 0 Å². The number of carboxylic acid groups (broad SMARTS) is 1. The van der Waals surface area contributed by atoms with Crippen molar-refractivity contribution in [3.05, 3.63) is 119 Å². The maximum Gasteiger partial charge on any atom is 0.341 e. The van der Waals surface area contributed by atoms with Crippen LogP contribution in [0, 0.1) is 0 Å². The summed E-state index contributed by atoms with van der Waals surface area (Å²) in [5.41, 5.74) is 7.61. The Morgan fingerprint density at radius 2 is 1.40 bits per heavy atom. The fourth-order valence-corrected chi connectivity index (χ4v) is 4.38. The summed E-state index contributed by atoms with van der Waals surface area (Å²) in [7, 11) is 0. The van der Waals surface area contributed by atoms with Gasteiger partial charge in [0.05, 0.1) is 0 Å². The van der Waals surface area contributed by atoms with Gasteiger partial charge in [-0.25, -0.2) is 4.79 Å². The Morgan fingerprint density at radius 3 is 2.17 bits per heavy atom. The van der Waals surface area contributed by atoms with Crippen LogP contribution in [0.3, 0.4) is 0 Å². The molecule has 1 aliphatic heterocycles. The molecule has 1 aliphatic rings. The first-order valence-electron chi connectivity index (χ1n) is 11.7. The van der Waals surface area contributed by atoms with E-state index in [2.05, 4.69) is 77.7 Å². The van der Waals surface area contributed by atoms with E-state index in [1.807, 2.05) is 0 Å². The maximum absolute atomic E-state index is 10.6. The molecule has 0 aliphatic carbocycles. The molecule has 0 saturated heterocycles. The second-order valence-electron chi connectivity index (χ2n) is 8.76. The molecule has 4 aromatic carbocycles. The topological polar surface area (TPSA) is 59.0 Å². The van der Waals surface area contributed by atoms with Crippen LogP contribution >= 0.6 is 0 Å². The van der Waals surface area contributed by atoms with Crippen molar-refractivity contribution in [2.24, 2.45) is 0 Å². The van der Waals surface area contributed by atoms with E-state index in [0.717, 1.165) is 25.2 Å². The second kappa shape index (κ2) is 10.5. The fourth-order valence-electron chi connectivity index (χ4n) is 4.38. The molecule has 1 N–H and O–H groups in total. The number of ether oxygens (including phenoxy) is 2. The molecule has 5 rings (SSSR count). The van der Waals surface area contributed by atoms with E-state index in [1.165, 1.54) is 27.8 Å². The van der Waals surface area contributed by atoms with Gasteiger partial charge in [-0.3, -0.25) is 4.90 Å². The van der Waals surface area contributed by atoms with Gasteiger partial charge < -0.3 is 14.6 Å². The third-order valence-electron chi connectivity index (χ3n) is 6.10. The zero-order valence-electron chi connectivity index (χ0n) is 19.4. The monoisotopic (exact) mass is 465 g/mol. The van der Waals surface area contributed by atoms with Crippen LogP contribution in [-0.4, -0.2) is 22.6 Å². The van der Waals surface area contributed by atoms with Crippen molar-refractivity contribution in [2.75, 3.05) is 6.61 Å². The molecule has 1 heterocycles. The van der Waals surface area contributed by atoms with E-state index in [1.54, 1.807) is 24.3 Å². The summed E-state index contributed by atoms with van der Waals surface area (Å²) in [4.78, 5) is 13.1. The number of benzene rings is 4. The third-order valence-corrected chi connectivity index (χ3v) is 6.10. The molecule has 0 bridgehead atoms. The summed E-state index contributed by atoms with van der Waals surface area (Å²) in [6, 6.07) is 32.8. The van der Waals surface area contributed by atoms with Crippen LogP contribution in [0.1, 0.15) is 22.3 Å². The van der Waals surface area contributed by atoms with Crippen molar-refractivity contribution in [3.63, 3.8) is 0 Å². The number of fused-ring (bicyclic) bond motifs is 1. The predicted octanol–water partition coefficient (Wildman–Crippen LogP) is 5.91. The molecule has 0 fully saturated rings. The van der Waals surface area contributed by atoms with Crippen LogP contribution in [0.2, 0.25) is 0 Å². The van der Waals surface area contributed by atoms with Gasteiger partial charge in [-0.15, -0.1) is 0 Å². The summed E-state index contributed by atoms with van der Waals surface area (Å²) in [5, 5.41) is 8.70. The van der Waals surface area contributed by atoms with E-state index >= 15 is 0 Å². The number of nitrogens with zero attached hydrogens (tertiary/aromatic N) is 1. The largest absolute Gasteiger partial charge is 0.489 e. The first kappa shape index (κ1) is 22.7. The van der Waals surface area contributed by atoms with Gasteiger partial charge >= 0.3 is 5.97 Å². The molecule has 0 aromatic heterocycles. The van der Waals surface area contributed by atoms with Gasteiger partial charge in [0.25, 0.3) is 0 Å². The Bertz CT molecular complexity index is 1300. The zero-order chi connectivity index (χ0) is 24.0. The predicted molar refractivity (Wildman–Crippen MR) is 135 cm³/mol. The Labute approximate surface area is 205 Å². The Morgan fingerprint density at radius 1 is 0.714 bits per heavy atom. The summed E-state index contributed by atoms with van der Waals surface area (Å²) in [5.74, 6) is 0.202. The Kier molecular flexibility index (Phi) is 6.77. The van der Waals surface area contributed by atoms with Crippen LogP contribution in [0.4, 0.5) is 0 Å². The van der Waals surface area contributed by atoms with Crippen LogP contribution in [0.5, 0.6) is 11.5 Å². The van der Waals surface area contributed by atoms with Crippen molar-refractivity contribution in [2.45, 2.75) is 26.2 Å². The summed E-state index contributed by atoms with van der Waals surface area (Å²) < 4.78 is 11.1.